The van der Waals surface area contributed by atoms with Crippen molar-refractivity contribution in [3.63, 3.8) is 0 Å². The van der Waals surface area contributed by atoms with Crippen LogP contribution < -0.4 is 4.31 Å². The Kier molecular flexibility index (Phi) is 3.70. The predicted molar refractivity (Wildman–Crippen MR) is 94.8 cm³/mol. The van der Waals surface area contributed by atoms with Gasteiger partial charge in [0, 0.05) is 11.1 Å². The van der Waals surface area contributed by atoms with E-state index in [0.717, 1.165) is 16.7 Å². The fourth-order valence-electron chi connectivity index (χ4n) is 2.80. The monoisotopic (exact) mass is 323 g/mol. The van der Waals surface area contributed by atoms with Gasteiger partial charge >= 0.3 is 0 Å². The molecule has 0 aromatic heterocycles. The van der Waals surface area contributed by atoms with Gasteiger partial charge in [0.25, 0.3) is 10.0 Å². The van der Waals surface area contributed by atoms with E-state index in [4.69, 9.17) is 0 Å². The van der Waals surface area contributed by atoms with E-state index in [2.05, 4.69) is 13.2 Å². The van der Waals surface area contributed by atoms with E-state index in [1.807, 2.05) is 37.3 Å². The lowest BCUT2D eigenvalue weighted by molar-refractivity contribution is 0.594. The van der Waals surface area contributed by atoms with E-state index in [-0.39, 0.29) is 0 Å². The predicted octanol–water partition coefficient (Wildman–Crippen LogP) is 4.43. The summed E-state index contributed by atoms with van der Waals surface area (Å²) < 4.78 is 27.6. The number of benzene rings is 2. The SMILES string of the molecule is C=C/C=C(\C=C)N1c2ccccc2-c2cc(C)ccc2S1(=O)=O. The molecule has 0 unspecified atom stereocenters. The van der Waals surface area contributed by atoms with Crippen molar-refractivity contribution in [2.45, 2.75) is 11.8 Å². The third-order valence-corrected chi connectivity index (χ3v) is 5.60. The van der Waals surface area contributed by atoms with Gasteiger partial charge < -0.3 is 0 Å². The van der Waals surface area contributed by atoms with E-state index in [9.17, 15) is 8.42 Å². The zero-order chi connectivity index (χ0) is 16.6. The molecule has 3 rings (SSSR count). The molecule has 1 aliphatic heterocycles. The second-order valence-electron chi connectivity index (χ2n) is 5.32. The van der Waals surface area contributed by atoms with E-state index in [1.54, 1.807) is 24.3 Å². The van der Waals surface area contributed by atoms with E-state index in [1.165, 1.54) is 10.4 Å². The van der Waals surface area contributed by atoms with Gasteiger partial charge in [0.15, 0.2) is 0 Å². The first kappa shape index (κ1) is 15.3. The summed E-state index contributed by atoms with van der Waals surface area (Å²) in [6.45, 7) is 9.35. The van der Waals surface area contributed by atoms with Crippen LogP contribution in [0.3, 0.4) is 0 Å². The van der Waals surface area contributed by atoms with E-state index in [0.29, 0.717) is 16.3 Å². The van der Waals surface area contributed by atoms with Crippen LogP contribution >= 0.6 is 0 Å². The Morgan fingerprint density at radius 2 is 1.83 bits per heavy atom. The molecule has 0 bridgehead atoms. The molecular weight excluding hydrogens is 306 g/mol. The molecule has 1 heterocycles. The molecule has 0 aliphatic carbocycles. The van der Waals surface area contributed by atoms with E-state index < -0.39 is 10.0 Å². The number of aryl methyl sites for hydroxylation is 1. The number of hydrogen-bond donors (Lipinski definition) is 0. The van der Waals surface area contributed by atoms with Crippen molar-refractivity contribution >= 4 is 15.7 Å². The Bertz CT molecular complexity index is 940. The smallest absolute Gasteiger partial charge is 0.234 e. The van der Waals surface area contributed by atoms with E-state index >= 15 is 0 Å². The van der Waals surface area contributed by atoms with Crippen LogP contribution in [0.4, 0.5) is 5.69 Å². The molecule has 3 nitrogen and oxygen atoms in total. The van der Waals surface area contributed by atoms with Crippen molar-refractivity contribution in [2.75, 3.05) is 4.31 Å². The number of hydrogen-bond acceptors (Lipinski definition) is 2. The standard InChI is InChI=1S/C19H17NO2S/c1-4-8-15(5-2)20-18-10-7-6-9-16(18)17-13-14(3)11-12-19(17)23(20,21)22/h4-13H,1-2H2,3H3/b15-8+. The number of allylic oxidation sites excluding steroid dienone is 3. The van der Waals surface area contributed by atoms with Crippen LogP contribution in [0.25, 0.3) is 11.1 Å². The van der Waals surface area contributed by atoms with Crippen molar-refractivity contribution < 1.29 is 8.42 Å². The Hall–Kier alpha value is -2.59. The van der Waals surface area contributed by atoms with Gasteiger partial charge in [-0.15, -0.1) is 0 Å². The highest BCUT2D eigenvalue weighted by Crippen LogP contribution is 2.44. The van der Waals surface area contributed by atoms with Gasteiger partial charge in [0.05, 0.1) is 16.3 Å². The van der Waals surface area contributed by atoms with Crippen LogP contribution in [0, 0.1) is 6.92 Å². The average Bonchev–Trinajstić information content (AvgIpc) is 2.53. The molecule has 0 atom stereocenters. The maximum Gasteiger partial charge on any atom is 0.269 e. The van der Waals surface area contributed by atoms with Crippen molar-refractivity contribution in [1.29, 1.82) is 0 Å². The zero-order valence-corrected chi connectivity index (χ0v) is 13.7. The molecule has 4 heteroatoms. The first-order valence-corrected chi connectivity index (χ1v) is 8.65. The number of anilines is 1. The lowest BCUT2D eigenvalue weighted by Crippen LogP contribution is -2.33. The molecule has 0 amide bonds. The molecule has 2 aromatic rings. The first-order chi connectivity index (χ1) is 11.0. The van der Waals surface area contributed by atoms with Crippen LogP contribution in [-0.4, -0.2) is 8.42 Å². The van der Waals surface area contributed by atoms with Crippen LogP contribution in [-0.2, 0) is 10.0 Å². The lowest BCUT2D eigenvalue weighted by atomic mass is 10.0. The largest absolute Gasteiger partial charge is 0.269 e. The second kappa shape index (κ2) is 5.56. The number of para-hydroxylation sites is 1. The Labute approximate surface area is 136 Å². The van der Waals surface area contributed by atoms with Gasteiger partial charge in [-0.2, -0.15) is 0 Å². The number of rotatable bonds is 3. The molecule has 0 N–H and O–H groups in total. The van der Waals surface area contributed by atoms with Crippen molar-refractivity contribution in [1.82, 2.24) is 0 Å². The fourth-order valence-corrected chi connectivity index (χ4v) is 4.52. The average molecular weight is 323 g/mol. The molecule has 0 spiro atoms. The van der Waals surface area contributed by atoms with Gasteiger partial charge in [-0.1, -0.05) is 49.1 Å². The van der Waals surface area contributed by atoms with Crippen LogP contribution in [0.1, 0.15) is 5.56 Å². The Balaban J connectivity index is 2.41. The highest BCUT2D eigenvalue weighted by Gasteiger charge is 2.35. The van der Waals surface area contributed by atoms with Crippen LogP contribution in [0.2, 0.25) is 0 Å². The molecule has 0 saturated carbocycles. The summed E-state index contributed by atoms with van der Waals surface area (Å²) in [6, 6.07) is 12.9. The molecule has 0 radical (unpaired) electrons. The summed E-state index contributed by atoms with van der Waals surface area (Å²) in [7, 11) is -3.70. The summed E-state index contributed by atoms with van der Waals surface area (Å²) >= 11 is 0. The summed E-state index contributed by atoms with van der Waals surface area (Å²) in [5.74, 6) is 0. The minimum atomic E-state index is -3.70. The topological polar surface area (TPSA) is 37.4 Å². The van der Waals surface area contributed by atoms with Gasteiger partial charge in [-0.25, -0.2) is 12.7 Å². The molecule has 2 aromatic carbocycles. The number of nitrogens with zero attached hydrogens (tertiary/aromatic N) is 1. The summed E-state index contributed by atoms with van der Waals surface area (Å²) in [4.78, 5) is 0.304. The molecule has 0 fully saturated rings. The Morgan fingerprint density at radius 3 is 2.52 bits per heavy atom. The maximum atomic E-state index is 13.2. The third kappa shape index (κ3) is 2.32. The summed E-state index contributed by atoms with van der Waals surface area (Å²) in [6.07, 6.45) is 4.72. The van der Waals surface area contributed by atoms with Gasteiger partial charge in [0.1, 0.15) is 0 Å². The van der Waals surface area contributed by atoms with Crippen molar-refractivity contribution in [2.24, 2.45) is 0 Å². The van der Waals surface area contributed by atoms with Gasteiger partial charge in [-0.3, -0.25) is 0 Å². The minimum absolute atomic E-state index is 0.304. The summed E-state index contributed by atoms with van der Waals surface area (Å²) in [5.41, 5.74) is 3.74. The van der Waals surface area contributed by atoms with Crippen LogP contribution in [0.5, 0.6) is 0 Å². The molecular formula is C19H17NO2S. The second-order valence-corrected chi connectivity index (χ2v) is 7.07. The third-order valence-electron chi connectivity index (χ3n) is 3.80. The highest BCUT2D eigenvalue weighted by molar-refractivity contribution is 7.93. The maximum absolute atomic E-state index is 13.2. The Morgan fingerprint density at radius 1 is 1.09 bits per heavy atom. The number of fused-ring (bicyclic) bond motifs is 3. The molecule has 23 heavy (non-hydrogen) atoms. The molecule has 116 valence electrons. The quantitative estimate of drug-likeness (QED) is 0.784. The lowest BCUT2D eigenvalue weighted by Gasteiger charge is -2.32. The van der Waals surface area contributed by atoms with Gasteiger partial charge in [0.2, 0.25) is 0 Å². The van der Waals surface area contributed by atoms with Crippen molar-refractivity contribution in [3.8, 4) is 11.1 Å². The molecule has 1 aliphatic rings. The van der Waals surface area contributed by atoms with Gasteiger partial charge in [-0.05, 0) is 37.3 Å². The minimum Gasteiger partial charge on any atom is -0.234 e. The zero-order valence-electron chi connectivity index (χ0n) is 12.9. The fraction of sp³-hybridized carbons (Fsp3) is 0.0526. The van der Waals surface area contributed by atoms with Crippen molar-refractivity contribution in [3.05, 3.63) is 85.1 Å². The normalized spacial score (nSPS) is 15.5. The first-order valence-electron chi connectivity index (χ1n) is 7.21. The molecule has 0 saturated heterocycles. The highest BCUT2D eigenvalue weighted by atomic mass is 32.2. The number of sulfonamides is 1. The summed E-state index contributed by atoms with van der Waals surface area (Å²) in [5, 5.41) is 0. The van der Waals surface area contributed by atoms with Crippen LogP contribution in [0.15, 0.2) is 84.4 Å².